The minimum absolute atomic E-state index is 0.121. The van der Waals surface area contributed by atoms with E-state index in [1.54, 1.807) is 42.5 Å². The first-order valence-corrected chi connectivity index (χ1v) is 14.7. The highest BCUT2D eigenvalue weighted by Gasteiger charge is 2.48. The molecule has 1 aromatic heterocycles. The number of aliphatic hydroxyl groups excluding tert-OH is 1. The molecule has 0 aliphatic carbocycles. The SMILES string of the molecule is CCCCOc1ccc(C(O)=C2C(=O)C(=O)N(c3nnc(SCc4ccccc4F)s3)C2c2ccc(F)cc2)cc1. The number of aliphatic hydroxyl groups is 1. The Morgan fingerprint density at radius 2 is 1.76 bits per heavy atom. The number of hydrogen-bond acceptors (Lipinski definition) is 8. The maximum Gasteiger partial charge on any atom is 0.301 e. The van der Waals surface area contributed by atoms with Crippen molar-refractivity contribution >= 4 is 45.7 Å². The highest BCUT2D eigenvalue weighted by molar-refractivity contribution is 8.00. The van der Waals surface area contributed by atoms with Crippen molar-refractivity contribution in [2.45, 2.75) is 35.9 Å². The normalized spacial score (nSPS) is 16.4. The number of rotatable bonds is 10. The maximum absolute atomic E-state index is 14.1. The van der Waals surface area contributed by atoms with E-state index in [-0.39, 0.29) is 22.3 Å². The van der Waals surface area contributed by atoms with Gasteiger partial charge in [0.15, 0.2) is 4.34 Å². The van der Waals surface area contributed by atoms with Gasteiger partial charge < -0.3 is 9.84 Å². The average molecular weight is 594 g/mol. The topological polar surface area (TPSA) is 92.6 Å². The molecule has 7 nitrogen and oxygen atoms in total. The van der Waals surface area contributed by atoms with Gasteiger partial charge in [-0.3, -0.25) is 14.5 Å². The summed E-state index contributed by atoms with van der Waals surface area (Å²) in [4.78, 5) is 27.9. The van der Waals surface area contributed by atoms with Crippen LogP contribution in [0.5, 0.6) is 5.75 Å². The van der Waals surface area contributed by atoms with Crippen LogP contribution in [0.1, 0.15) is 42.5 Å². The van der Waals surface area contributed by atoms with Crippen LogP contribution in [0.15, 0.2) is 82.7 Å². The number of thioether (sulfide) groups is 1. The van der Waals surface area contributed by atoms with E-state index in [1.165, 1.54) is 42.1 Å². The van der Waals surface area contributed by atoms with Gasteiger partial charge in [0.25, 0.3) is 5.78 Å². The quantitative estimate of drug-likeness (QED) is 0.0533. The molecule has 1 atom stereocenters. The summed E-state index contributed by atoms with van der Waals surface area (Å²) in [5.41, 5.74) is 1.05. The van der Waals surface area contributed by atoms with Gasteiger partial charge in [0.1, 0.15) is 23.1 Å². The number of unbranched alkanes of at least 4 members (excludes halogenated alkanes) is 1. The number of halogens is 2. The Hall–Kier alpha value is -4.09. The van der Waals surface area contributed by atoms with Gasteiger partial charge in [-0.1, -0.05) is 66.8 Å². The second kappa shape index (κ2) is 12.6. The first kappa shape index (κ1) is 28.4. The van der Waals surface area contributed by atoms with Crippen molar-refractivity contribution in [3.05, 3.63) is 107 Å². The largest absolute Gasteiger partial charge is 0.507 e. The zero-order valence-electron chi connectivity index (χ0n) is 21.9. The van der Waals surface area contributed by atoms with Crippen LogP contribution < -0.4 is 9.64 Å². The molecule has 1 saturated heterocycles. The Labute approximate surface area is 243 Å². The molecule has 1 aliphatic rings. The lowest BCUT2D eigenvalue weighted by molar-refractivity contribution is -0.132. The van der Waals surface area contributed by atoms with Crippen molar-refractivity contribution < 1.29 is 28.2 Å². The molecule has 41 heavy (non-hydrogen) atoms. The van der Waals surface area contributed by atoms with Gasteiger partial charge in [0, 0.05) is 11.3 Å². The van der Waals surface area contributed by atoms with Crippen LogP contribution >= 0.6 is 23.1 Å². The first-order chi connectivity index (χ1) is 19.9. The van der Waals surface area contributed by atoms with Gasteiger partial charge in [-0.2, -0.15) is 0 Å². The molecule has 11 heteroatoms. The lowest BCUT2D eigenvalue weighted by Gasteiger charge is -2.22. The highest BCUT2D eigenvalue weighted by Crippen LogP contribution is 2.44. The van der Waals surface area contributed by atoms with Gasteiger partial charge in [0.2, 0.25) is 5.13 Å². The maximum atomic E-state index is 14.1. The van der Waals surface area contributed by atoms with Crippen LogP contribution in [0.2, 0.25) is 0 Å². The smallest absolute Gasteiger partial charge is 0.301 e. The van der Waals surface area contributed by atoms with Crippen LogP contribution in [0.3, 0.4) is 0 Å². The number of anilines is 1. The Kier molecular flexibility index (Phi) is 8.75. The van der Waals surface area contributed by atoms with Crippen LogP contribution in [0.4, 0.5) is 13.9 Å². The van der Waals surface area contributed by atoms with Crippen molar-refractivity contribution in [1.29, 1.82) is 0 Å². The lowest BCUT2D eigenvalue weighted by atomic mass is 9.95. The molecule has 1 aliphatic heterocycles. The molecular formula is C30H25F2N3O4S2. The van der Waals surface area contributed by atoms with Crippen LogP contribution in [-0.4, -0.2) is 33.6 Å². The minimum Gasteiger partial charge on any atom is -0.507 e. The van der Waals surface area contributed by atoms with E-state index in [2.05, 4.69) is 17.1 Å². The second-order valence-electron chi connectivity index (χ2n) is 9.18. The average Bonchev–Trinajstić information content (AvgIpc) is 3.55. The van der Waals surface area contributed by atoms with Gasteiger partial charge in [-0.05, 0) is 60.0 Å². The zero-order chi connectivity index (χ0) is 28.9. The molecule has 210 valence electrons. The third-order valence-electron chi connectivity index (χ3n) is 6.44. The highest BCUT2D eigenvalue weighted by atomic mass is 32.2. The molecule has 0 radical (unpaired) electrons. The molecule has 1 unspecified atom stereocenters. The molecule has 4 aromatic rings. The zero-order valence-corrected chi connectivity index (χ0v) is 23.6. The van der Waals surface area contributed by atoms with Crippen molar-refractivity contribution in [1.82, 2.24) is 10.2 Å². The van der Waals surface area contributed by atoms with Gasteiger partial charge in [-0.25, -0.2) is 8.78 Å². The molecule has 1 N–H and O–H groups in total. The summed E-state index contributed by atoms with van der Waals surface area (Å²) in [7, 11) is 0. The number of aromatic nitrogens is 2. The van der Waals surface area contributed by atoms with Gasteiger partial charge in [0.05, 0.1) is 18.2 Å². The van der Waals surface area contributed by atoms with Crippen molar-refractivity contribution in [2.75, 3.05) is 11.5 Å². The fourth-order valence-corrected chi connectivity index (χ4v) is 6.16. The summed E-state index contributed by atoms with van der Waals surface area (Å²) in [6, 6.07) is 17.2. The van der Waals surface area contributed by atoms with Crippen LogP contribution in [0, 0.1) is 11.6 Å². The summed E-state index contributed by atoms with van der Waals surface area (Å²) in [5, 5.41) is 19.7. The molecule has 1 amide bonds. The fraction of sp³-hybridized carbons (Fsp3) is 0.200. The molecule has 0 spiro atoms. The number of benzene rings is 3. The van der Waals surface area contributed by atoms with E-state index in [9.17, 15) is 23.5 Å². The number of hydrogen-bond donors (Lipinski definition) is 1. The number of amides is 1. The number of ketones is 1. The second-order valence-corrected chi connectivity index (χ2v) is 11.4. The van der Waals surface area contributed by atoms with Crippen molar-refractivity contribution in [3.63, 3.8) is 0 Å². The molecule has 2 heterocycles. The molecule has 5 rings (SSSR count). The van der Waals surface area contributed by atoms with E-state index in [0.29, 0.717) is 39.1 Å². The first-order valence-electron chi connectivity index (χ1n) is 12.9. The van der Waals surface area contributed by atoms with E-state index >= 15 is 0 Å². The molecule has 0 saturated carbocycles. The van der Waals surface area contributed by atoms with Crippen molar-refractivity contribution in [3.8, 4) is 5.75 Å². The lowest BCUT2D eigenvalue weighted by Crippen LogP contribution is -2.29. The summed E-state index contributed by atoms with van der Waals surface area (Å²) >= 11 is 2.30. The number of ether oxygens (including phenoxy) is 1. The summed E-state index contributed by atoms with van der Waals surface area (Å²) in [5.74, 6) is -2.11. The number of carbonyl (C=O) groups excluding carboxylic acids is 2. The molecule has 1 fully saturated rings. The standard InChI is InChI=1S/C30H25F2N3O4S2/c1-2-3-16-39-22-14-10-19(11-15-22)26(36)24-25(18-8-12-21(31)13-9-18)35(28(38)27(24)37)29-33-34-30(41-29)40-17-20-6-4-5-7-23(20)32/h4-15,25,36H,2-3,16-17H2,1H3. The Bertz CT molecular complexity index is 1590. The van der Waals surface area contributed by atoms with Gasteiger partial charge in [-0.15, -0.1) is 10.2 Å². The Balaban J connectivity index is 1.49. The third kappa shape index (κ3) is 6.15. The summed E-state index contributed by atoms with van der Waals surface area (Å²) in [6.07, 6.45) is 1.89. The van der Waals surface area contributed by atoms with Crippen LogP contribution in [0.25, 0.3) is 5.76 Å². The minimum atomic E-state index is -1.08. The molecule has 0 bridgehead atoms. The number of carbonyl (C=O) groups is 2. The number of nitrogens with zero attached hydrogens (tertiary/aromatic N) is 3. The van der Waals surface area contributed by atoms with Crippen LogP contribution in [-0.2, 0) is 15.3 Å². The van der Waals surface area contributed by atoms with Gasteiger partial charge >= 0.3 is 5.91 Å². The molecule has 3 aromatic carbocycles. The summed E-state index contributed by atoms with van der Waals surface area (Å²) in [6.45, 7) is 2.62. The Morgan fingerprint density at radius 3 is 2.46 bits per heavy atom. The van der Waals surface area contributed by atoms with Crippen molar-refractivity contribution in [2.24, 2.45) is 0 Å². The van der Waals surface area contributed by atoms with E-state index < -0.39 is 23.5 Å². The number of Topliss-reactive ketones (excluding diaryl/α,β-unsaturated/α-hetero) is 1. The third-order valence-corrected chi connectivity index (χ3v) is 8.54. The van der Waals surface area contributed by atoms with E-state index in [4.69, 9.17) is 4.74 Å². The fourth-order valence-electron chi connectivity index (χ4n) is 4.30. The monoisotopic (exact) mass is 593 g/mol. The predicted molar refractivity (Wildman–Crippen MR) is 154 cm³/mol. The predicted octanol–water partition coefficient (Wildman–Crippen LogP) is 6.91. The Morgan fingerprint density at radius 1 is 1.02 bits per heavy atom. The molecular weight excluding hydrogens is 568 g/mol. The van der Waals surface area contributed by atoms with E-state index in [1.807, 2.05) is 0 Å². The summed E-state index contributed by atoms with van der Waals surface area (Å²) < 4.78 is 34.0. The van der Waals surface area contributed by atoms with E-state index in [0.717, 1.165) is 29.1 Å².